The fourth-order valence-corrected chi connectivity index (χ4v) is 2.33. The summed E-state index contributed by atoms with van der Waals surface area (Å²) < 4.78 is 46.2. The molecule has 0 bridgehead atoms. The smallest absolute Gasteiger partial charge is 0.450 e. The maximum Gasteiger partial charge on any atom is 0.450 e. The number of rotatable bonds is 2. The number of halogens is 3. The summed E-state index contributed by atoms with van der Waals surface area (Å²) in [4.78, 5) is 3.74. The van der Waals surface area contributed by atoms with Crippen molar-refractivity contribution >= 4 is 11.0 Å². The fraction of sp³-hybridized carbons (Fsp3) is 0.188. The van der Waals surface area contributed by atoms with Crippen molar-refractivity contribution < 1.29 is 17.9 Å². The van der Waals surface area contributed by atoms with Gasteiger partial charge < -0.3 is 4.74 Å². The number of ether oxygens (including phenoxy) is 1. The van der Waals surface area contributed by atoms with E-state index >= 15 is 0 Å². The van der Waals surface area contributed by atoms with E-state index in [-0.39, 0.29) is 5.52 Å². The van der Waals surface area contributed by atoms with Gasteiger partial charge in [-0.1, -0.05) is 17.7 Å². The predicted octanol–water partition coefficient (Wildman–Crippen LogP) is 4.36. The summed E-state index contributed by atoms with van der Waals surface area (Å²) >= 11 is 0. The van der Waals surface area contributed by atoms with Crippen LogP contribution in [0, 0.1) is 6.92 Å². The standard InChI is InChI=1S/C16H13F3N2O/c1-10-3-5-11(6-4-10)21-14-9-12(22-2)7-8-13(14)20-15(21)16(17,18)19/h3-9H,1-2H3. The Hall–Kier alpha value is -2.50. The van der Waals surface area contributed by atoms with Crippen LogP contribution in [0.4, 0.5) is 13.2 Å². The van der Waals surface area contributed by atoms with Crippen LogP contribution in [0.15, 0.2) is 42.5 Å². The SMILES string of the molecule is COc1ccc2nc(C(F)(F)F)n(-c3ccc(C)cc3)c2c1. The lowest BCUT2D eigenvalue weighted by atomic mass is 10.2. The summed E-state index contributed by atoms with van der Waals surface area (Å²) in [5.74, 6) is -0.464. The Bertz CT molecular complexity index is 820. The minimum atomic E-state index is -4.54. The molecule has 0 radical (unpaired) electrons. The first-order chi connectivity index (χ1) is 10.4. The molecule has 0 unspecified atom stereocenters. The molecule has 0 spiro atoms. The van der Waals surface area contributed by atoms with Crippen molar-refractivity contribution in [1.29, 1.82) is 0 Å². The molecule has 0 fully saturated rings. The molecule has 3 nitrogen and oxygen atoms in total. The molecule has 0 aliphatic carbocycles. The van der Waals surface area contributed by atoms with Crippen LogP contribution in [0.2, 0.25) is 0 Å². The molecular formula is C16H13F3N2O. The van der Waals surface area contributed by atoms with E-state index in [9.17, 15) is 13.2 Å². The molecule has 22 heavy (non-hydrogen) atoms. The lowest BCUT2D eigenvalue weighted by Crippen LogP contribution is -2.13. The van der Waals surface area contributed by atoms with Gasteiger partial charge in [0.1, 0.15) is 5.75 Å². The number of hydrogen-bond donors (Lipinski definition) is 0. The largest absolute Gasteiger partial charge is 0.497 e. The molecule has 0 amide bonds. The van der Waals surface area contributed by atoms with Crippen molar-refractivity contribution in [2.75, 3.05) is 7.11 Å². The van der Waals surface area contributed by atoms with Crippen LogP contribution in [0.5, 0.6) is 5.75 Å². The van der Waals surface area contributed by atoms with Gasteiger partial charge in [0.2, 0.25) is 5.82 Å². The fourth-order valence-electron chi connectivity index (χ4n) is 2.33. The van der Waals surface area contributed by atoms with E-state index in [1.807, 2.05) is 6.92 Å². The summed E-state index contributed by atoms with van der Waals surface area (Å²) in [6.45, 7) is 1.88. The number of imidazole rings is 1. The minimum Gasteiger partial charge on any atom is -0.497 e. The van der Waals surface area contributed by atoms with Crippen molar-refractivity contribution in [3.8, 4) is 11.4 Å². The van der Waals surface area contributed by atoms with Gasteiger partial charge >= 0.3 is 6.18 Å². The van der Waals surface area contributed by atoms with Crippen molar-refractivity contribution in [1.82, 2.24) is 9.55 Å². The van der Waals surface area contributed by atoms with Crippen LogP contribution in [-0.2, 0) is 6.18 Å². The van der Waals surface area contributed by atoms with Gasteiger partial charge in [-0.2, -0.15) is 13.2 Å². The summed E-state index contributed by atoms with van der Waals surface area (Å²) in [5, 5.41) is 0. The number of alkyl halides is 3. The lowest BCUT2D eigenvalue weighted by molar-refractivity contribution is -0.145. The van der Waals surface area contributed by atoms with Crippen molar-refractivity contribution in [3.63, 3.8) is 0 Å². The predicted molar refractivity (Wildman–Crippen MR) is 77.4 cm³/mol. The van der Waals surface area contributed by atoms with Crippen LogP contribution < -0.4 is 4.74 Å². The molecule has 3 aromatic rings. The van der Waals surface area contributed by atoms with Crippen LogP contribution in [-0.4, -0.2) is 16.7 Å². The van der Waals surface area contributed by atoms with Gasteiger partial charge in [0.25, 0.3) is 0 Å². The quantitative estimate of drug-likeness (QED) is 0.703. The highest BCUT2D eigenvalue weighted by molar-refractivity contribution is 5.80. The first-order valence-electron chi connectivity index (χ1n) is 6.61. The molecule has 0 aliphatic heterocycles. The second-order valence-corrected chi connectivity index (χ2v) is 4.96. The van der Waals surface area contributed by atoms with Gasteiger partial charge in [0.15, 0.2) is 0 Å². The average Bonchev–Trinajstić information content (AvgIpc) is 2.86. The third kappa shape index (κ3) is 2.41. The number of aromatic nitrogens is 2. The van der Waals surface area contributed by atoms with Crippen LogP contribution in [0.1, 0.15) is 11.4 Å². The Morgan fingerprint density at radius 2 is 1.73 bits per heavy atom. The molecule has 0 saturated heterocycles. The van der Waals surface area contributed by atoms with E-state index < -0.39 is 12.0 Å². The van der Waals surface area contributed by atoms with Gasteiger partial charge in [0.05, 0.1) is 18.1 Å². The van der Waals surface area contributed by atoms with Crippen molar-refractivity contribution in [2.45, 2.75) is 13.1 Å². The molecule has 2 aromatic carbocycles. The number of hydrogen-bond acceptors (Lipinski definition) is 2. The Morgan fingerprint density at radius 1 is 1.05 bits per heavy atom. The number of fused-ring (bicyclic) bond motifs is 1. The van der Waals surface area contributed by atoms with Gasteiger partial charge in [-0.3, -0.25) is 4.57 Å². The van der Waals surface area contributed by atoms with Gasteiger partial charge in [-0.05, 0) is 31.2 Å². The Labute approximate surface area is 125 Å². The van der Waals surface area contributed by atoms with E-state index in [1.165, 1.54) is 13.2 Å². The maximum atomic E-state index is 13.3. The minimum absolute atomic E-state index is 0.272. The van der Waals surface area contributed by atoms with E-state index in [0.717, 1.165) is 10.1 Å². The molecule has 3 rings (SSSR count). The van der Waals surface area contributed by atoms with E-state index in [4.69, 9.17) is 4.74 Å². The molecule has 0 saturated carbocycles. The molecule has 1 heterocycles. The highest BCUT2D eigenvalue weighted by Gasteiger charge is 2.38. The second-order valence-electron chi connectivity index (χ2n) is 4.96. The zero-order valence-corrected chi connectivity index (χ0v) is 12.0. The normalized spacial score (nSPS) is 11.9. The second kappa shape index (κ2) is 5.05. The van der Waals surface area contributed by atoms with E-state index in [2.05, 4.69) is 4.98 Å². The highest BCUT2D eigenvalue weighted by Crippen LogP contribution is 2.34. The monoisotopic (exact) mass is 306 g/mol. The Morgan fingerprint density at radius 3 is 2.32 bits per heavy atom. The number of aryl methyl sites for hydroxylation is 1. The third-order valence-corrected chi connectivity index (χ3v) is 3.41. The number of methoxy groups -OCH3 is 1. The number of benzene rings is 2. The van der Waals surface area contributed by atoms with Crippen LogP contribution in [0.3, 0.4) is 0 Å². The summed E-state index contributed by atoms with van der Waals surface area (Å²) in [5.41, 5.74) is 2.01. The van der Waals surface area contributed by atoms with Crippen molar-refractivity contribution in [3.05, 3.63) is 53.9 Å². The average molecular weight is 306 g/mol. The topological polar surface area (TPSA) is 27.1 Å². The zero-order chi connectivity index (χ0) is 15.9. The molecule has 6 heteroatoms. The molecule has 114 valence electrons. The first-order valence-corrected chi connectivity index (χ1v) is 6.61. The molecular weight excluding hydrogens is 293 g/mol. The molecule has 0 N–H and O–H groups in total. The maximum absolute atomic E-state index is 13.3. The Balaban J connectivity index is 2.34. The molecule has 0 atom stereocenters. The molecule has 0 aliphatic rings. The van der Waals surface area contributed by atoms with Crippen LogP contribution in [0.25, 0.3) is 16.7 Å². The van der Waals surface area contributed by atoms with Crippen molar-refractivity contribution in [2.24, 2.45) is 0 Å². The lowest BCUT2D eigenvalue weighted by Gasteiger charge is -2.12. The van der Waals surface area contributed by atoms with Gasteiger partial charge in [-0.25, -0.2) is 4.98 Å². The summed E-state index contributed by atoms with van der Waals surface area (Å²) in [7, 11) is 1.47. The van der Waals surface area contributed by atoms with Gasteiger partial charge in [0, 0.05) is 11.8 Å². The Kier molecular flexibility index (Phi) is 3.31. The summed E-state index contributed by atoms with van der Waals surface area (Å²) in [6, 6.07) is 11.5. The highest BCUT2D eigenvalue weighted by atomic mass is 19.4. The molecule has 1 aromatic heterocycles. The van der Waals surface area contributed by atoms with Crippen LogP contribution >= 0.6 is 0 Å². The number of nitrogens with zero attached hydrogens (tertiary/aromatic N) is 2. The van der Waals surface area contributed by atoms with Gasteiger partial charge in [-0.15, -0.1) is 0 Å². The third-order valence-electron chi connectivity index (χ3n) is 3.41. The van der Waals surface area contributed by atoms with E-state index in [1.54, 1.807) is 36.4 Å². The summed E-state index contributed by atoms with van der Waals surface area (Å²) in [6.07, 6.45) is -4.54. The van der Waals surface area contributed by atoms with E-state index in [0.29, 0.717) is 17.0 Å². The zero-order valence-electron chi connectivity index (χ0n) is 12.0. The first kappa shape index (κ1) is 14.4.